The molecule has 1 aromatic heterocycles. The third-order valence-electron chi connectivity index (χ3n) is 3.66. The van der Waals surface area contributed by atoms with E-state index in [1.165, 1.54) is 0 Å². The van der Waals surface area contributed by atoms with Gasteiger partial charge in [0.1, 0.15) is 11.5 Å². The summed E-state index contributed by atoms with van der Waals surface area (Å²) in [7, 11) is 1.59. The van der Waals surface area contributed by atoms with Crippen molar-refractivity contribution in [3.63, 3.8) is 0 Å². The van der Waals surface area contributed by atoms with Gasteiger partial charge in [-0.2, -0.15) is 9.78 Å². The molecule has 24 heavy (non-hydrogen) atoms. The number of rotatable bonds is 3. The molecule has 0 saturated carbocycles. The minimum Gasteiger partial charge on any atom is -0.497 e. The Kier molecular flexibility index (Phi) is 3.78. The summed E-state index contributed by atoms with van der Waals surface area (Å²) in [5, 5.41) is 13.1. The number of hydrogen-bond donors (Lipinski definition) is 0. The van der Waals surface area contributed by atoms with E-state index in [1.54, 1.807) is 36.1 Å². The van der Waals surface area contributed by atoms with Crippen molar-refractivity contribution < 1.29 is 9.13 Å². The van der Waals surface area contributed by atoms with E-state index >= 15 is 0 Å². The van der Waals surface area contributed by atoms with Crippen LogP contribution in [0.15, 0.2) is 64.9 Å². The van der Waals surface area contributed by atoms with Crippen molar-refractivity contribution >= 4 is 17.5 Å². The Bertz CT molecular complexity index is 893. The number of halogens is 1. The lowest BCUT2D eigenvalue weighted by Crippen LogP contribution is -2.20. The van der Waals surface area contributed by atoms with E-state index in [1.807, 2.05) is 30.3 Å². The molecule has 1 aliphatic heterocycles. The molecule has 0 spiro atoms. The fourth-order valence-electron chi connectivity index (χ4n) is 2.45. The van der Waals surface area contributed by atoms with Gasteiger partial charge in [0, 0.05) is 11.1 Å². The second kappa shape index (κ2) is 6.09. The van der Waals surface area contributed by atoms with Gasteiger partial charge in [-0.25, -0.2) is 4.39 Å². The van der Waals surface area contributed by atoms with Crippen molar-refractivity contribution in [2.75, 3.05) is 7.11 Å². The van der Waals surface area contributed by atoms with Gasteiger partial charge in [0.05, 0.1) is 7.11 Å². The fourth-order valence-corrected chi connectivity index (χ4v) is 3.24. The highest BCUT2D eigenvalue weighted by Gasteiger charge is 2.28. The number of thioether (sulfide) groups is 1. The van der Waals surface area contributed by atoms with Gasteiger partial charge < -0.3 is 4.74 Å². The fraction of sp³-hybridized carbons (Fsp3) is 0.118. The highest BCUT2D eigenvalue weighted by Crippen LogP contribution is 2.33. The summed E-state index contributed by atoms with van der Waals surface area (Å²) in [6, 6.07) is 16.8. The van der Waals surface area contributed by atoms with E-state index in [0.717, 1.165) is 17.3 Å². The molecule has 0 amide bonds. The molecule has 7 heteroatoms. The molecule has 0 radical (unpaired) electrons. The van der Waals surface area contributed by atoms with Crippen LogP contribution in [0.1, 0.15) is 5.56 Å². The van der Waals surface area contributed by atoms with Crippen LogP contribution in [0.25, 0.3) is 11.4 Å². The molecule has 2 heterocycles. The van der Waals surface area contributed by atoms with Crippen molar-refractivity contribution in [3.8, 4) is 17.1 Å². The maximum Gasteiger partial charge on any atom is 0.215 e. The lowest BCUT2D eigenvalue weighted by molar-refractivity contribution is 0.414. The van der Waals surface area contributed by atoms with E-state index in [2.05, 4.69) is 15.3 Å². The van der Waals surface area contributed by atoms with E-state index in [4.69, 9.17) is 4.74 Å². The predicted molar refractivity (Wildman–Crippen MR) is 91.1 cm³/mol. The molecule has 0 fully saturated rings. The number of ether oxygens (including phenoxy) is 1. The molecule has 0 N–H and O–H groups in total. The lowest BCUT2D eigenvalue weighted by atomic mass is 10.1. The maximum atomic E-state index is 14.5. The normalized spacial score (nSPS) is 16.4. The average Bonchev–Trinajstić information content (AvgIpc) is 3.04. The average molecular weight is 340 g/mol. The summed E-state index contributed by atoms with van der Waals surface area (Å²) in [5.41, 5.74) is 0.631. The Morgan fingerprint density at radius 1 is 1.00 bits per heavy atom. The van der Waals surface area contributed by atoms with Crippen molar-refractivity contribution in [2.45, 2.75) is 10.7 Å². The van der Waals surface area contributed by atoms with Gasteiger partial charge in [0.25, 0.3) is 0 Å². The zero-order chi connectivity index (χ0) is 16.5. The van der Waals surface area contributed by atoms with Crippen LogP contribution in [-0.2, 0) is 0 Å². The Labute approximate surface area is 142 Å². The molecular weight excluding hydrogens is 327 g/mol. The first kappa shape index (κ1) is 14.9. The van der Waals surface area contributed by atoms with Crippen LogP contribution in [0, 0.1) is 0 Å². The van der Waals surface area contributed by atoms with Crippen LogP contribution in [0.2, 0.25) is 0 Å². The zero-order valence-electron chi connectivity index (χ0n) is 12.8. The van der Waals surface area contributed by atoms with E-state index < -0.39 is 5.50 Å². The largest absolute Gasteiger partial charge is 0.497 e. The van der Waals surface area contributed by atoms with Gasteiger partial charge in [-0.1, -0.05) is 30.3 Å². The quantitative estimate of drug-likeness (QED) is 0.731. The minimum atomic E-state index is -1.29. The lowest BCUT2D eigenvalue weighted by Gasteiger charge is -2.17. The van der Waals surface area contributed by atoms with Crippen molar-refractivity contribution in [1.82, 2.24) is 14.9 Å². The van der Waals surface area contributed by atoms with Gasteiger partial charge in [0.15, 0.2) is 11.3 Å². The molecule has 1 atom stereocenters. The van der Waals surface area contributed by atoms with Crippen LogP contribution < -0.4 is 4.74 Å². The monoisotopic (exact) mass is 340 g/mol. The molecule has 0 aliphatic carbocycles. The molecule has 1 unspecified atom stereocenters. The van der Waals surface area contributed by atoms with E-state index in [-0.39, 0.29) is 0 Å². The number of methoxy groups -OCH3 is 1. The summed E-state index contributed by atoms with van der Waals surface area (Å²) >= 11 is 1.00. The predicted octanol–water partition coefficient (Wildman–Crippen LogP) is 3.61. The summed E-state index contributed by atoms with van der Waals surface area (Å²) < 4.78 is 21.3. The third-order valence-corrected chi connectivity index (χ3v) is 4.56. The second-order valence-corrected chi connectivity index (χ2v) is 6.15. The van der Waals surface area contributed by atoms with Gasteiger partial charge in [-0.05, 0) is 36.0 Å². The number of nitrogens with zero attached hydrogens (tertiary/aromatic N) is 4. The number of benzene rings is 2. The van der Waals surface area contributed by atoms with Crippen LogP contribution >= 0.6 is 11.8 Å². The van der Waals surface area contributed by atoms with Gasteiger partial charge in [0.2, 0.25) is 5.16 Å². The molecule has 0 bridgehead atoms. The van der Waals surface area contributed by atoms with Crippen LogP contribution in [-0.4, -0.2) is 33.2 Å². The summed E-state index contributed by atoms with van der Waals surface area (Å²) in [6.07, 6.45) is 0. The number of fused-ring (bicyclic) bond motifs is 1. The Balaban J connectivity index is 1.79. The van der Waals surface area contributed by atoms with Gasteiger partial charge in [-0.15, -0.1) is 10.2 Å². The summed E-state index contributed by atoms with van der Waals surface area (Å²) in [4.78, 5) is 0. The van der Waals surface area contributed by atoms with Gasteiger partial charge in [-0.3, -0.25) is 0 Å². The number of aromatic nitrogens is 3. The van der Waals surface area contributed by atoms with Crippen molar-refractivity contribution in [3.05, 3.63) is 60.2 Å². The number of alkyl halides is 1. The Morgan fingerprint density at radius 3 is 2.46 bits per heavy atom. The first-order valence-electron chi connectivity index (χ1n) is 7.31. The molecule has 120 valence electrons. The maximum absolute atomic E-state index is 14.5. The summed E-state index contributed by atoms with van der Waals surface area (Å²) in [6.45, 7) is 0. The van der Waals surface area contributed by atoms with Gasteiger partial charge >= 0.3 is 0 Å². The van der Waals surface area contributed by atoms with Crippen LogP contribution in [0.5, 0.6) is 5.75 Å². The topological polar surface area (TPSA) is 52.3 Å². The first-order chi connectivity index (χ1) is 11.8. The van der Waals surface area contributed by atoms with Crippen molar-refractivity contribution in [2.24, 2.45) is 5.10 Å². The van der Waals surface area contributed by atoms with Crippen LogP contribution in [0.3, 0.4) is 0 Å². The minimum absolute atomic E-state index is 0.340. The SMILES string of the molecule is COc1ccc(C2=Nn3c(nnc3-c3ccccc3)SC2F)cc1. The van der Waals surface area contributed by atoms with E-state index in [9.17, 15) is 4.39 Å². The highest BCUT2D eigenvalue weighted by atomic mass is 32.2. The third kappa shape index (κ3) is 2.56. The Morgan fingerprint density at radius 2 is 1.75 bits per heavy atom. The Hall–Kier alpha value is -2.67. The first-order valence-corrected chi connectivity index (χ1v) is 8.19. The molecule has 2 aromatic carbocycles. The standard InChI is InChI=1S/C17H13FN4OS/c1-23-13-9-7-11(8-10-13)14-15(18)24-17-20-19-16(22(17)21-14)12-5-3-2-4-6-12/h2-10,15H,1H3. The second-order valence-electron chi connectivity index (χ2n) is 5.13. The molecule has 4 rings (SSSR count). The molecule has 0 saturated heterocycles. The molecule has 1 aliphatic rings. The van der Waals surface area contributed by atoms with E-state index in [0.29, 0.717) is 28.0 Å². The highest BCUT2D eigenvalue weighted by molar-refractivity contribution is 8.00. The summed E-state index contributed by atoms with van der Waals surface area (Å²) in [5.74, 6) is 1.31. The smallest absolute Gasteiger partial charge is 0.215 e. The van der Waals surface area contributed by atoms with Crippen LogP contribution in [0.4, 0.5) is 4.39 Å². The molecular formula is C17H13FN4OS. The van der Waals surface area contributed by atoms with Crippen molar-refractivity contribution in [1.29, 1.82) is 0 Å². The number of hydrogen-bond acceptors (Lipinski definition) is 5. The molecule has 3 aromatic rings. The zero-order valence-corrected chi connectivity index (χ0v) is 13.6. The molecule has 5 nitrogen and oxygen atoms in total.